The molecule has 0 N–H and O–H groups in total. The minimum atomic E-state index is -0.446. The predicted molar refractivity (Wildman–Crippen MR) is 101 cm³/mol. The zero-order valence-corrected chi connectivity index (χ0v) is 15.8. The molecule has 0 nitrogen and oxygen atoms in total. The predicted octanol–water partition coefficient (Wildman–Crippen LogP) is 4.63. The maximum atomic E-state index is 3.36. The molecule has 0 aliphatic carbocycles. The van der Waals surface area contributed by atoms with Crippen molar-refractivity contribution in [3.05, 3.63) is 104 Å². The maximum Gasteiger partial charge on any atom is 0 e. The monoisotopic (exact) mass is 407 g/mol. The zero-order valence-electron chi connectivity index (χ0n) is 13.2. The number of benzene rings is 3. The van der Waals surface area contributed by atoms with Gasteiger partial charge in [-0.3, -0.25) is 0 Å². The van der Waals surface area contributed by atoms with Crippen LogP contribution in [0.4, 0.5) is 0 Å². The fourth-order valence-corrected chi connectivity index (χ4v) is 4.48. The summed E-state index contributed by atoms with van der Waals surface area (Å²) in [6.45, 7) is 5.25. The third-order valence-corrected chi connectivity index (χ3v) is 5.49. The largest absolute Gasteiger partial charge is 0.103 e. The summed E-state index contributed by atoms with van der Waals surface area (Å²) in [5.74, 6) is 0. The van der Waals surface area contributed by atoms with Crippen molar-refractivity contribution in [2.45, 2.75) is 6.92 Å². The van der Waals surface area contributed by atoms with E-state index in [1.165, 1.54) is 15.9 Å². The van der Waals surface area contributed by atoms with Gasteiger partial charge in [-0.25, -0.2) is 0 Å². The molecule has 0 bridgehead atoms. The summed E-state index contributed by atoms with van der Waals surface area (Å²) in [7, 11) is -0.446. The van der Waals surface area contributed by atoms with E-state index in [9.17, 15) is 0 Å². The summed E-state index contributed by atoms with van der Waals surface area (Å²) in [5, 5.41) is 4.19. The molecule has 2 heteroatoms. The van der Waals surface area contributed by atoms with Crippen molar-refractivity contribution in [1.29, 1.82) is 0 Å². The fourth-order valence-electron chi connectivity index (χ4n) is 2.18. The van der Waals surface area contributed by atoms with Crippen molar-refractivity contribution in [3.8, 4) is 0 Å². The third-order valence-electron chi connectivity index (χ3n) is 3.04. The number of allylic oxidation sites excluding steroid dienone is 1. The van der Waals surface area contributed by atoms with Crippen LogP contribution < -0.4 is 15.9 Å². The van der Waals surface area contributed by atoms with Crippen LogP contribution in [0, 0.1) is 0 Å². The second-order valence-electron chi connectivity index (χ2n) is 4.75. The Morgan fingerprint density at radius 3 is 1.04 bits per heavy atom. The Hall–Kier alpha value is -1.55. The molecule has 0 saturated heterocycles. The molecule has 119 valence electrons. The van der Waals surface area contributed by atoms with Crippen molar-refractivity contribution in [2.24, 2.45) is 0 Å². The smallest absolute Gasteiger partial charge is 0 e. The Balaban J connectivity index is 0.000000615. The van der Waals surface area contributed by atoms with Gasteiger partial charge in [0.15, 0.2) is 0 Å². The maximum absolute atomic E-state index is 3.36. The van der Waals surface area contributed by atoms with Crippen LogP contribution in [0.25, 0.3) is 0 Å². The van der Waals surface area contributed by atoms with Crippen molar-refractivity contribution in [3.63, 3.8) is 0 Å². The van der Waals surface area contributed by atoms with E-state index in [4.69, 9.17) is 0 Å². The minimum absolute atomic E-state index is 0. The van der Waals surface area contributed by atoms with Gasteiger partial charge in [0.2, 0.25) is 0 Å². The molecular weight excluding hydrogens is 386 g/mol. The Morgan fingerprint density at radius 2 is 0.826 bits per heavy atom. The normalized spacial score (nSPS) is 9.30. The molecule has 3 aromatic carbocycles. The van der Waals surface area contributed by atoms with E-state index in [0.29, 0.717) is 0 Å². The van der Waals surface area contributed by atoms with Gasteiger partial charge in [-0.2, -0.15) is 0 Å². The van der Waals surface area contributed by atoms with Gasteiger partial charge < -0.3 is 0 Å². The Kier molecular flexibility index (Phi) is 9.38. The van der Waals surface area contributed by atoms with Crippen LogP contribution in [0.15, 0.2) is 104 Å². The molecule has 0 aliphatic heterocycles. The number of rotatable bonds is 3. The molecule has 0 fully saturated rings. The summed E-state index contributed by atoms with van der Waals surface area (Å²) in [4.78, 5) is 0. The zero-order chi connectivity index (χ0) is 15.6. The molecular formula is C21H21PRh. The Labute approximate surface area is 153 Å². The molecule has 3 aromatic rings. The molecule has 0 aromatic heterocycles. The molecule has 0 spiro atoms. The van der Waals surface area contributed by atoms with Crippen molar-refractivity contribution < 1.29 is 19.5 Å². The SMILES string of the molecule is C=CC.[Rh].c1ccc(P(c2ccccc2)c2ccccc2)cc1. The first kappa shape index (κ1) is 19.5. The average molecular weight is 407 g/mol. The van der Waals surface area contributed by atoms with E-state index < -0.39 is 7.92 Å². The van der Waals surface area contributed by atoms with E-state index in [1.54, 1.807) is 6.08 Å². The van der Waals surface area contributed by atoms with Crippen LogP contribution in [0.5, 0.6) is 0 Å². The molecule has 0 saturated carbocycles. The van der Waals surface area contributed by atoms with Gasteiger partial charge in [0.25, 0.3) is 0 Å². The Bertz CT molecular complexity index is 572. The van der Waals surface area contributed by atoms with Gasteiger partial charge in [-0.1, -0.05) is 97.1 Å². The number of hydrogen-bond donors (Lipinski definition) is 0. The van der Waals surface area contributed by atoms with Crippen molar-refractivity contribution in [1.82, 2.24) is 0 Å². The van der Waals surface area contributed by atoms with Crippen LogP contribution in [-0.2, 0) is 19.5 Å². The first-order chi connectivity index (χ1) is 10.9. The average Bonchev–Trinajstić information content (AvgIpc) is 2.59. The standard InChI is InChI=1S/C18H15P.C3H6.Rh/c1-4-10-16(11-5-1)19(17-12-6-2-7-13-17)18-14-8-3-9-15-18;1-3-2;/h1-15H;3H,1H2,2H3;. The van der Waals surface area contributed by atoms with Crippen LogP contribution >= 0.6 is 7.92 Å². The van der Waals surface area contributed by atoms with Crippen LogP contribution in [0.2, 0.25) is 0 Å². The van der Waals surface area contributed by atoms with E-state index in [-0.39, 0.29) is 19.5 Å². The second kappa shape index (κ2) is 11.1. The van der Waals surface area contributed by atoms with Gasteiger partial charge in [0.05, 0.1) is 0 Å². The Morgan fingerprint density at radius 1 is 0.609 bits per heavy atom. The first-order valence-electron chi connectivity index (χ1n) is 7.39. The summed E-state index contributed by atoms with van der Waals surface area (Å²) in [6.07, 6.45) is 1.75. The minimum Gasteiger partial charge on any atom is -0.103 e. The summed E-state index contributed by atoms with van der Waals surface area (Å²) >= 11 is 0. The third kappa shape index (κ3) is 5.87. The summed E-state index contributed by atoms with van der Waals surface area (Å²) in [5.41, 5.74) is 0. The molecule has 1 radical (unpaired) electrons. The van der Waals surface area contributed by atoms with Crippen LogP contribution in [0.1, 0.15) is 6.92 Å². The fraction of sp³-hybridized carbons (Fsp3) is 0.0476. The van der Waals surface area contributed by atoms with Crippen molar-refractivity contribution in [2.75, 3.05) is 0 Å². The molecule has 0 heterocycles. The molecule has 23 heavy (non-hydrogen) atoms. The topological polar surface area (TPSA) is 0 Å². The van der Waals surface area contributed by atoms with Gasteiger partial charge in [0.1, 0.15) is 0 Å². The summed E-state index contributed by atoms with van der Waals surface area (Å²) < 4.78 is 0. The summed E-state index contributed by atoms with van der Waals surface area (Å²) in [6, 6.07) is 32.3. The van der Waals surface area contributed by atoms with E-state index in [2.05, 4.69) is 97.6 Å². The second-order valence-corrected chi connectivity index (χ2v) is 6.97. The van der Waals surface area contributed by atoms with Crippen LogP contribution in [0.3, 0.4) is 0 Å². The van der Waals surface area contributed by atoms with E-state index >= 15 is 0 Å². The van der Waals surface area contributed by atoms with Gasteiger partial charge in [-0.15, -0.1) is 6.58 Å². The van der Waals surface area contributed by atoms with E-state index in [1.807, 2.05) is 6.92 Å². The molecule has 0 amide bonds. The number of hydrogen-bond acceptors (Lipinski definition) is 0. The molecule has 3 rings (SSSR count). The van der Waals surface area contributed by atoms with Gasteiger partial charge in [0, 0.05) is 19.5 Å². The van der Waals surface area contributed by atoms with Gasteiger partial charge >= 0.3 is 0 Å². The quantitative estimate of drug-likeness (QED) is 0.337. The first-order valence-corrected chi connectivity index (χ1v) is 8.73. The van der Waals surface area contributed by atoms with Gasteiger partial charge in [-0.05, 0) is 30.8 Å². The molecule has 0 aliphatic rings. The van der Waals surface area contributed by atoms with Crippen molar-refractivity contribution >= 4 is 23.8 Å². The van der Waals surface area contributed by atoms with Crippen LogP contribution in [-0.4, -0.2) is 0 Å². The molecule has 0 atom stereocenters. The van der Waals surface area contributed by atoms with E-state index in [0.717, 1.165) is 0 Å². The molecule has 0 unspecified atom stereocenters.